The van der Waals surface area contributed by atoms with E-state index in [0.29, 0.717) is 35.5 Å². The predicted molar refractivity (Wildman–Crippen MR) is 398 cm³/mol. The molecule has 0 radical (unpaired) electrons. The van der Waals surface area contributed by atoms with Crippen molar-refractivity contribution in [3.8, 4) is 78.9 Å². The van der Waals surface area contributed by atoms with E-state index < -0.39 is 0 Å². The summed E-state index contributed by atoms with van der Waals surface area (Å²) in [6.45, 7) is 17.9. The largest absolute Gasteiger partial charge is 0.456 e. The second-order valence-electron chi connectivity index (χ2n) is 30.0. The van der Waals surface area contributed by atoms with Crippen LogP contribution >= 0.6 is 0 Å². The van der Waals surface area contributed by atoms with Crippen LogP contribution in [0.2, 0.25) is 0 Å². The highest BCUT2D eigenvalue weighted by molar-refractivity contribution is 7.02. The number of aromatic nitrogens is 2. The van der Waals surface area contributed by atoms with Gasteiger partial charge in [-0.15, -0.1) is 0 Å². The highest BCUT2D eigenvalue weighted by atomic mass is 16.5. The molecule has 2 aromatic heterocycles. The van der Waals surface area contributed by atoms with Crippen LogP contribution in [-0.4, -0.2) is 22.6 Å². The smallest absolute Gasteiger partial charge is 0.256 e. The van der Waals surface area contributed by atoms with Gasteiger partial charge in [0.1, 0.15) is 23.0 Å². The Labute approximate surface area is 553 Å². The van der Waals surface area contributed by atoms with Crippen molar-refractivity contribution in [1.82, 2.24) is 9.13 Å². The number of hydrogen-bond acceptors (Lipinski definition) is 2. The summed E-state index contributed by atoms with van der Waals surface area (Å²) in [4.78, 5) is 0. The maximum Gasteiger partial charge on any atom is 0.256 e. The van der Waals surface area contributed by atoms with Gasteiger partial charge in [0.25, 0.3) is 13.4 Å². The molecule has 0 saturated heterocycles. The van der Waals surface area contributed by atoms with Crippen LogP contribution in [0.25, 0.3) is 99.5 Å². The number of fused-ring (bicyclic) bond motifs is 16. The van der Waals surface area contributed by atoms with Crippen LogP contribution in [0.5, 0.6) is 23.0 Å². The van der Waals surface area contributed by atoms with Crippen LogP contribution in [0.15, 0.2) is 194 Å². The molecular formula is C88H78B2N2O2. The van der Waals surface area contributed by atoms with Gasteiger partial charge in [-0.3, -0.25) is 0 Å². The first-order valence-electron chi connectivity index (χ1n) is 35.4. The van der Waals surface area contributed by atoms with Crippen LogP contribution in [0.1, 0.15) is 176 Å². The number of ether oxygens (including phenoxy) is 2. The molecule has 0 unspecified atom stereocenters. The molecule has 0 atom stereocenters. The molecule has 94 heavy (non-hydrogen) atoms. The minimum atomic E-state index is -0.183. The van der Waals surface area contributed by atoms with E-state index in [4.69, 9.17) is 9.47 Å². The van der Waals surface area contributed by atoms with Crippen molar-refractivity contribution in [3.05, 3.63) is 228 Å². The third-order valence-electron chi connectivity index (χ3n) is 23.3. The Kier molecular flexibility index (Phi) is 12.7. The average Bonchev–Trinajstić information content (AvgIpc) is 1.31. The third kappa shape index (κ3) is 8.39. The molecular weight excluding hydrogens is 1140 g/mol. The van der Waals surface area contributed by atoms with Crippen molar-refractivity contribution in [1.29, 1.82) is 0 Å². The molecule has 0 bridgehead atoms. The zero-order valence-electron chi connectivity index (χ0n) is 55.5. The van der Waals surface area contributed by atoms with Gasteiger partial charge in [-0.1, -0.05) is 227 Å². The van der Waals surface area contributed by atoms with Gasteiger partial charge in [-0.05, 0) is 209 Å². The summed E-state index contributed by atoms with van der Waals surface area (Å²) >= 11 is 0. The monoisotopic (exact) mass is 1220 g/mol. The van der Waals surface area contributed by atoms with E-state index in [1.165, 1.54) is 206 Å². The maximum atomic E-state index is 8.08. The van der Waals surface area contributed by atoms with Crippen LogP contribution in [0.4, 0.5) is 0 Å². The second kappa shape index (κ2) is 21.1. The molecule has 2 saturated carbocycles. The lowest BCUT2D eigenvalue weighted by Crippen LogP contribution is -2.63. The van der Waals surface area contributed by atoms with Gasteiger partial charge in [0.15, 0.2) is 0 Å². The fourth-order valence-corrected chi connectivity index (χ4v) is 18.1. The molecule has 2 aliphatic carbocycles. The molecule has 6 aliphatic rings. The van der Waals surface area contributed by atoms with E-state index in [-0.39, 0.29) is 13.4 Å². The maximum absolute atomic E-state index is 8.08. The van der Waals surface area contributed by atoms with Gasteiger partial charge in [0.2, 0.25) is 0 Å². The topological polar surface area (TPSA) is 28.3 Å². The molecule has 0 amide bonds. The van der Waals surface area contributed by atoms with E-state index in [9.17, 15) is 0 Å². The Hall–Kier alpha value is -9.25. The van der Waals surface area contributed by atoms with Crippen molar-refractivity contribution in [2.24, 2.45) is 0 Å². The van der Waals surface area contributed by atoms with Gasteiger partial charge in [0.05, 0.1) is 22.4 Å². The van der Waals surface area contributed by atoms with Crippen molar-refractivity contribution < 1.29 is 9.47 Å². The Morgan fingerprint density at radius 1 is 0.319 bits per heavy atom. The highest BCUT2D eigenvalue weighted by Crippen LogP contribution is 2.51. The summed E-state index contributed by atoms with van der Waals surface area (Å²) in [7, 11) is 0. The normalized spacial score (nSPS) is 15.3. The van der Waals surface area contributed by atoms with Gasteiger partial charge >= 0.3 is 0 Å². The lowest BCUT2D eigenvalue weighted by Gasteiger charge is -2.41. The minimum absolute atomic E-state index is 0.183. The summed E-state index contributed by atoms with van der Waals surface area (Å²) in [6.07, 6.45) is 9.96. The van der Waals surface area contributed by atoms with Crippen molar-refractivity contribution in [2.75, 3.05) is 0 Å². The fraction of sp³-hybridized carbons (Fsp3) is 0.250. The minimum Gasteiger partial charge on any atom is -0.456 e. The van der Waals surface area contributed by atoms with E-state index >= 15 is 0 Å². The molecule has 6 heterocycles. The van der Waals surface area contributed by atoms with Crippen LogP contribution < -0.4 is 42.3 Å². The number of nitrogens with zero attached hydrogens (tertiary/aromatic N) is 2. The Morgan fingerprint density at radius 2 is 0.638 bits per heavy atom. The first kappa shape index (κ1) is 56.3. The molecule has 6 heteroatoms. The summed E-state index contributed by atoms with van der Waals surface area (Å²) in [5.74, 6) is 6.56. The Bertz CT molecular complexity index is 4990. The SMILES string of the molecule is CC(C)c1ccc(-c2ccc3c(c2)c2cc(-c4ccc(C(C)C)cc4)cc4c2n3-c2c3c5c(c6c2B4c2cc(C4CCCC4)ccc2O6)-n2c4ccc(-c6ccc(C(C)C)cc6)cc4c4cc(-c6ccc(C(C)C)cc6)cc(c42)B5c2cc(C4CCCC4)ccc2O3)cc1. The van der Waals surface area contributed by atoms with Gasteiger partial charge in [-0.25, -0.2) is 0 Å². The van der Waals surface area contributed by atoms with Gasteiger partial charge < -0.3 is 18.6 Å². The molecule has 13 aromatic rings. The molecule has 0 spiro atoms. The third-order valence-corrected chi connectivity index (χ3v) is 23.3. The lowest BCUT2D eigenvalue weighted by atomic mass is 9.31. The van der Waals surface area contributed by atoms with E-state index in [1.807, 2.05) is 0 Å². The molecule has 11 aromatic carbocycles. The van der Waals surface area contributed by atoms with Crippen molar-refractivity contribution in [2.45, 2.75) is 142 Å². The van der Waals surface area contributed by atoms with Crippen LogP contribution in [-0.2, 0) is 0 Å². The second-order valence-corrected chi connectivity index (χ2v) is 30.0. The zero-order valence-corrected chi connectivity index (χ0v) is 55.5. The van der Waals surface area contributed by atoms with Crippen molar-refractivity contribution in [3.63, 3.8) is 0 Å². The van der Waals surface area contributed by atoms with E-state index in [0.717, 1.165) is 34.4 Å². The molecule has 458 valence electrons. The van der Waals surface area contributed by atoms with Crippen molar-refractivity contribution >= 4 is 89.8 Å². The first-order valence-corrected chi connectivity index (χ1v) is 35.4. The highest BCUT2D eigenvalue weighted by Gasteiger charge is 2.51. The Morgan fingerprint density at radius 3 is 0.979 bits per heavy atom. The fourth-order valence-electron chi connectivity index (χ4n) is 18.1. The average molecular weight is 1220 g/mol. The molecule has 4 aliphatic heterocycles. The molecule has 4 nitrogen and oxygen atoms in total. The summed E-state index contributed by atoms with van der Waals surface area (Å²) < 4.78 is 21.5. The first-order chi connectivity index (χ1) is 45.9. The quantitative estimate of drug-likeness (QED) is 0.128. The van der Waals surface area contributed by atoms with Crippen LogP contribution in [0, 0.1) is 0 Å². The van der Waals surface area contributed by atoms with Gasteiger partial charge in [-0.2, -0.15) is 0 Å². The number of hydrogen-bond donors (Lipinski definition) is 0. The standard InChI is InChI=1S/C88H78B2N2O2/c1-49(2)53-17-25-59(26-18-53)63-33-37-77-69(41-63)71-43-67(61-29-21-55(22-30-61)51(5)6)47-75-83(71)91(77)85-81-88(94-79-39-35-65(45-73(79)89(75)81)57-13-9-10-14-57)86-82-87(85)93-80-40-36-66(58-15-11-12-16-58)46-74(80)90(82)76-48-68(62-31-23-56(24-32-62)52(7)8)44-72-70-42-64(34-38-78(70)92(86)84(72)76)60-27-19-54(20-28-60)50(3)4/h17-52,57-58H,9-16H2,1-8H3. The number of benzene rings is 11. The molecule has 2 fully saturated rings. The van der Waals surface area contributed by atoms with E-state index in [2.05, 4.69) is 259 Å². The van der Waals surface area contributed by atoms with Crippen LogP contribution in [0.3, 0.4) is 0 Å². The summed E-state index contributed by atoms with van der Waals surface area (Å²) in [5, 5.41) is 4.99. The molecule has 0 N–H and O–H groups in total. The zero-order chi connectivity index (χ0) is 63.1. The number of rotatable bonds is 10. The Balaban J connectivity index is 0.961. The lowest BCUT2D eigenvalue weighted by molar-refractivity contribution is 0.472. The van der Waals surface area contributed by atoms with Gasteiger partial charge in [0, 0.05) is 43.5 Å². The van der Waals surface area contributed by atoms with E-state index in [1.54, 1.807) is 0 Å². The summed E-state index contributed by atoms with van der Waals surface area (Å²) in [5.41, 5.74) is 32.6. The summed E-state index contributed by atoms with van der Waals surface area (Å²) in [6, 6.07) is 76.9. The molecule has 19 rings (SSSR count). The predicted octanol–water partition coefficient (Wildman–Crippen LogP) is 20.2.